The van der Waals surface area contributed by atoms with E-state index in [9.17, 15) is 12.8 Å². The van der Waals surface area contributed by atoms with Crippen LogP contribution in [0, 0.1) is 12.7 Å². The van der Waals surface area contributed by atoms with E-state index >= 15 is 0 Å². The summed E-state index contributed by atoms with van der Waals surface area (Å²) in [6, 6.07) is 2.16. The molecule has 106 valence electrons. The predicted molar refractivity (Wildman–Crippen MR) is 69.7 cm³/mol. The number of sulfonamides is 1. The highest BCUT2D eigenvalue weighted by atomic mass is 32.2. The van der Waals surface area contributed by atoms with E-state index in [0.29, 0.717) is 13.2 Å². The smallest absolute Gasteiger partial charge is 0.240 e. The normalized spacial score (nSPS) is 20.4. The van der Waals surface area contributed by atoms with Crippen molar-refractivity contribution in [2.24, 2.45) is 0 Å². The third-order valence-corrected chi connectivity index (χ3v) is 4.55. The highest BCUT2D eigenvalue weighted by Crippen LogP contribution is 2.21. The Balaban J connectivity index is 2.24. The fourth-order valence-electron chi connectivity index (χ4n) is 2.04. The lowest BCUT2D eigenvalue weighted by Crippen LogP contribution is -2.40. The van der Waals surface area contributed by atoms with Crippen LogP contribution in [-0.2, 0) is 14.8 Å². The number of nitrogens with two attached hydrogens (primary N) is 1. The van der Waals surface area contributed by atoms with E-state index in [0.717, 1.165) is 18.9 Å². The maximum Gasteiger partial charge on any atom is 0.240 e. The summed E-state index contributed by atoms with van der Waals surface area (Å²) in [6.45, 7) is 2.49. The van der Waals surface area contributed by atoms with Crippen LogP contribution in [0.25, 0.3) is 0 Å². The van der Waals surface area contributed by atoms with E-state index in [1.807, 2.05) is 0 Å². The minimum absolute atomic E-state index is 0.0190. The number of hydrogen-bond acceptors (Lipinski definition) is 4. The van der Waals surface area contributed by atoms with Gasteiger partial charge in [-0.1, -0.05) is 0 Å². The lowest BCUT2D eigenvalue weighted by atomic mass is 10.1. The third-order valence-electron chi connectivity index (χ3n) is 3.05. The molecular weight excluding hydrogens is 271 g/mol. The van der Waals surface area contributed by atoms with Gasteiger partial charge in [0.15, 0.2) is 0 Å². The molecule has 0 radical (unpaired) electrons. The molecule has 2 rings (SSSR count). The van der Waals surface area contributed by atoms with Gasteiger partial charge in [-0.25, -0.2) is 17.5 Å². The van der Waals surface area contributed by atoms with Crippen molar-refractivity contribution in [3.63, 3.8) is 0 Å². The molecule has 5 nitrogen and oxygen atoms in total. The van der Waals surface area contributed by atoms with E-state index in [-0.39, 0.29) is 22.2 Å². The molecule has 1 aliphatic rings. The van der Waals surface area contributed by atoms with Gasteiger partial charge in [0.25, 0.3) is 0 Å². The Kier molecular flexibility index (Phi) is 4.07. The molecule has 0 aromatic heterocycles. The second-order valence-electron chi connectivity index (χ2n) is 4.68. The van der Waals surface area contributed by atoms with Gasteiger partial charge in [-0.05, 0) is 37.5 Å². The summed E-state index contributed by atoms with van der Waals surface area (Å²) in [5, 5.41) is 0. The first-order valence-corrected chi connectivity index (χ1v) is 7.54. The fourth-order valence-corrected chi connectivity index (χ4v) is 3.41. The molecule has 0 amide bonds. The van der Waals surface area contributed by atoms with Crippen molar-refractivity contribution >= 4 is 15.7 Å². The molecule has 1 saturated heterocycles. The molecule has 1 heterocycles. The molecule has 1 aromatic carbocycles. The zero-order chi connectivity index (χ0) is 14.0. The van der Waals surface area contributed by atoms with Crippen molar-refractivity contribution in [3.05, 3.63) is 23.5 Å². The van der Waals surface area contributed by atoms with Crippen LogP contribution in [0.15, 0.2) is 17.0 Å². The first kappa shape index (κ1) is 14.2. The Morgan fingerprint density at radius 2 is 2.21 bits per heavy atom. The molecule has 1 unspecified atom stereocenters. The van der Waals surface area contributed by atoms with Crippen LogP contribution >= 0.6 is 0 Å². The van der Waals surface area contributed by atoms with Crippen molar-refractivity contribution in [1.82, 2.24) is 4.72 Å². The van der Waals surface area contributed by atoms with Crippen molar-refractivity contribution in [2.75, 3.05) is 18.9 Å². The topological polar surface area (TPSA) is 81.4 Å². The van der Waals surface area contributed by atoms with Crippen molar-refractivity contribution in [2.45, 2.75) is 30.7 Å². The first-order valence-electron chi connectivity index (χ1n) is 6.06. The zero-order valence-corrected chi connectivity index (χ0v) is 11.5. The van der Waals surface area contributed by atoms with Gasteiger partial charge in [0, 0.05) is 12.6 Å². The van der Waals surface area contributed by atoms with E-state index in [1.165, 1.54) is 13.0 Å². The van der Waals surface area contributed by atoms with Gasteiger partial charge >= 0.3 is 0 Å². The lowest BCUT2D eigenvalue weighted by Gasteiger charge is -2.23. The number of benzene rings is 1. The largest absolute Gasteiger partial charge is 0.396 e. The van der Waals surface area contributed by atoms with Crippen LogP contribution in [0.1, 0.15) is 18.4 Å². The van der Waals surface area contributed by atoms with Gasteiger partial charge in [0.1, 0.15) is 5.82 Å². The predicted octanol–water partition coefficient (Wildman–Crippen LogP) is 1.17. The van der Waals surface area contributed by atoms with Crippen LogP contribution in [0.3, 0.4) is 0 Å². The number of nitrogen functional groups attached to an aromatic ring is 1. The molecule has 1 fully saturated rings. The van der Waals surface area contributed by atoms with Crippen LogP contribution < -0.4 is 10.5 Å². The molecule has 3 N–H and O–H groups in total. The molecule has 0 bridgehead atoms. The first-order chi connectivity index (χ1) is 8.90. The van der Waals surface area contributed by atoms with E-state index < -0.39 is 15.8 Å². The number of anilines is 1. The minimum Gasteiger partial charge on any atom is -0.396 e. The summed E-state index contributed by atoms with van der Waals surface area (Å²) in [4.78, 5) is -0.0190. The summed E-state index contributed by atoms with van der Waals surface area (Å²) in [7, 11) is -3.70. The second kappa shape index (κ2) is 5.44. The molecule has 0 aliphatic carbocycles. The molecule has 0 saturated carbocycles. The van der Waals surface area contributed by atoms with Gasteiger partial charge in [0.05, 0.1) is 17.2 Å². The summed E-state index contributed by atoms with van der Waals surface area (Å²) < 4.78 is 45.5. The van der Waals surface area contributed by atoms with Crippen LogP contribution in [0.2, 0.25) is 0 Å². The lowest BCUT2D eigenvalue weighted by molar-refractivity contribution is 0.0774. The van der Waals surface area contributed by atoms with Gasteiger partial charge in [-0.3, -0.25) is 0 Å². The standard InChI is InChI=1S/C12H17FN2O3S/c1-8-5-10(6-11(14)12(8)13)19(16,17)15-9-3-2-4-18-7-9/h5-6,9,15H,2-4,7,14H2,1H3. The van der Waals surface area contributed by atoms with E-state index in [2.05, 4.69) is 4.72 Å². The van der Waals surface area contributed by atoms with E-state index in [1.54, 1.807) is 0 Å². The monoisotopic (exact) mass is 288 g/mol. The summed E-state index contributed by atoms with van der Waals surface area (Å²) in [5.74, 6) is -0.583. The van der Waals surface area contributed by atoms with Crippen molar-refractivity contribution < 1.29 is 17.5 Å². The third kappa shape index (κ3) is 3.23. The Morgan fingerprint density at radius 3 is 2.79 bits per heavy atom. The highest BCUT2D eigenvalue weighted by Gasteiger charge is 2.23. The average molecular weight is 288 g/mol. The van der Waals surface area contributed by atoms with Crippen molar-refractivity contribution in [1.29, 1.82) is 0 Å². The van der Waals surface area contributed by atoms with Crippen LogP contribution in [-0.4, -0.2) is 27.7 Å². The zero-order valence-electron chi connectivity index (χ0n) is 10.6. The van der Waals surface area contributed by atoms with Gasteiger partial charge < -0.3 is 10.5 Å². The molecule has 1 atom stereocenters. The number of hydrogen-bond donors (Lipinski definition) is 2. The molecule has 1 aliphatic heterocycles. The Hall–Kier alpha value is -1.18. The molecule has 19 heavy (non-hydrogen) atoms. The number of halogens is 1. The van der Waals surface area contributed by atoms with Gasteiger partial charge in [-0.2, -0.15) is 0 Å². The Labute approximate surface area is 112 Å². The maximum atomic E-state index is 13.4. The Bertz CT molecular complexity index is 545. The summed E-state index contributed by atoms with van der Waals surface area (Å²) >= 11 is 0. The molecular formula is C12H17FN2O3S. The number of ether oxygens (including phenoxy) is 1. The number of rotatable bonds is 3. The van der Waals surface area contributed by atoms with Gasteiger partial charge in [0.2, 0.25) is 10.0 Å². The number of aryl methyl sites for hydroxylation is 1. The molecule has 0 spiro atoms. The van der Waals surface area contributed by atoms with Crippen molar-refractivity contribution in [3.8, 4) is 0 Å². The number of nitrogens with one attached hydrogen (secondary N) is 1. The molecule has 7 heteroatoms. The summed E-state index contributed by atoms with van der Waals surface area (Å²) in [6.07, 6.45) is 1.55. The van der Waals surface area contributed by atoms with E-state index in [4.69, 9.17) is 10.5 Å². The highest BCUT2D eigenvalue weighted by molar-refractivity contribution is 7.89. The van der Waals surface area contributed by atoms with Crippen LogP contribution in [0.5, 0.6) is 0 Å². The SMILES string of the molecule is Cc1cc(S(=O)(=O)NC2CCCOC2)cc(N)c1F. The minimum atomic E-state index is -3.70. The fraction of sp³-hybridized carbons (Fsp3) is 0.500. The quantitative estimate of drug-likeness (QED) is 0.818. The maximum absolute atomic E-state index is 13.4. The Morgan fingerprint density at radius 1 is 1.47 bits per heavy atom. The van der Waals surface area contributed by atoms with Crippen LogP contribution in [0.4, 0.5) is 10.1 Å². The average Bonchev–Trinajstić information content (AvgIpc) is 2.36. The molecule has 1 aromatic rings. The summed E-state index contributed by atoms with van der Waals surface area (Å²) in [5.41, 5.74) is 5.50. The second-order valence-corrected chi connectivity index (χ2v) is 6.39. The van der Waals surface area contributed by atoms with Gasteiger partial charge in [-0.15, -0.1) is 0 Å².